The van der Waals surface area contributed by atoms with Crippen LogP contribution in [0, 0.1) is 0 Å². The Morgan fingerprint density at radius 2 is 2.46 bits per heavy atom. The maximum Gasteiger partial charge on any atom is 0.123 e. The fourth-order valence-corrected chi connectivity index (χ4v) is 0.901. The predicted octanol–water partition coefficient (Wildman–Crippen LogP) is 2.64. The van der Waals surface area contributed by atoms with Gasteiger partial charge in [-0.25, -0.2) is 4.98 Å². The van der Waals surface area contributed by atoms with Gasteiger partial charge in [-0.2, -0.15) is 0 Å². The quantitative estimate of drug-likeness (QED) is 0.715. The first-order chi connectivity index (χ1) is 6.22. The molecular weight excluding hydrogens is 160 g/mol. The van der Waals surface area contributed by atoms with Crippen molar-refractivity contribution in [3.05, 3.63) is 42.1 Å². The zero-order valence-electron chi connectivity index (χ0n) is 7.83. The second kappa shape index (κ2) is 4.45. The number of pyridine rings is 1. The highest BCUT2D eigenvalue weighted by Gasteiger charge is 1.88. The topological polar surface area (TPSA) is 38.9 Å². The minimum absolute atomic E-state index is 0.546. The maximum absolute atomic E-state index is 5.53. The van der Waals surface area contributed by atoms with E-state index in [-0.39, 0.29) is 0 Å². The van der Waals surface area contributed by atoms with Crippen LogP contribution < -0.4 is 5.73 Å². The third-order valence-corrected chi connectivity index (χ3v) is 1.77. The molecule has 2 heteroatoms. The molecule has 0 saturated heterocycles. The molecule has 1 heterocycles. The molecule has 0 amide bonds. The number of hydrogen-bond acceptors (Lipinski definition) is 2. The Hall–Kier alpha value is -1.57. The van der Waals surface area contributed by atoms with Gasteiger partial charge in [-0.3, -0.25) is 0 Å². The molecule has 0 aliphatic carbocycles. The molecule has 0 radical (unpaired) electrons. The van der Waals surface area contributed by atoms with Gasteiger partial charge in [0.25, 0.3) is 0 Å². The first-order valence-corrected chi connectivity index (χ1v) is 4.29. The lowest BCUT2D eigenvalue weighted by atomic mass is 10.1. The van der Waals surface area contributed by atoms with E-state index in [0.717, 1.165) is 17.6 Å². The molecule has 13 heavy (non-hydrogen) atoms. The van der Waals surface area contributed by atoms with Gasteiger partial charge in [-0.1, -0.05) is 31.2 Å². The van der Waals surface area contributed by atoms with E-state index in [4.69, 9.17) is 5.73 Å². The second-order valence-corrected chi connectivity index (χ2v) is 2.86. The highest BCUT2D eigenvalue weighted by Crippen LogP contribution is 2.07. The highest BCUT2D eigenvalue weighted by atomic mass is 14.8. The summed E-state index contributed by atoms with van der Waals surface area (Å²) in [4.78, 5) is 3.91. The van der Waals surface area contributed by atoms with E-state index in [1.54, 1.807) is 6.20 Å². The fourth-order valence-electron chi connectivity index (χ4n) is 0.901. The largest absolute Gasteiger partial charge is 0.384 e. The van der Waals surface area contributed by atoms with Gasteiger partial charge < -0.3 is 5.73 Å². The molecular formula is C11H14N2. The smallest absolute Gasteiger partial charge is 0.123 e. The summed E-state index contributed by atoms with van der Waals surface area (Å²) in [6, 6.07) is 3.75. The molecule has 0 unspecified atom stereocenters. The molecule has 0 bridgehead atoms. The normalized spacial score (nSPS) is 10.5. The number of nitrogens with two attached hydrogens (primary N) is 1. The van der Waals surface area contributed by atoms with E-state index < -0.39 is 0 Å². The van der Waals surface area contributed by atoms with Crippen molar-refractivity contribution in [3.63, 3.8) is 0 Å². The molecule has 0 atom stereocenters. The van der Waals surface area contributed by atoms with Crippen molar-refractivity contribution < 1.29 is 0 Å². The molecule has 0 fully saturated rings. The molecule has 1 rings (SSSR count). The standard InChI is InChI=1S/C11H14N2/c1-3-9(2)4-5-10-6-7-13-11(12)8-10/h4-8H,2-3H2,1H3,(H2,12,13)/b5-4+. The third-order valence-electron chi connectivity index (χ3n) is 1.77. The Morgan fingerprint density at radius 3 is 3.08 bits per heavy atom. The average molecular weight is 174 g/mol. The van der Waals surface area contributed by atoms with Gasteiger partial charge in [-0.15, -0.1) is 0 Å². The van der Waals surface area contributed by atoms with E-state index in [1.165, 1.54) is 0 Å². The van der Waals surface area contributed by atoms with Gasteiger partial charge in [-0.05, 0) is 24.1 Å². The van der Waals surface area contributed by atoms with E-state index >= 15 is 0 Å². The highest BCUT2D eigenvalue weighted by molar-refractivity contribution is 5.55. The number of allylic oxidation sites excluding steroid dienone is 2. The van der Waals surface area contributed by atoms with Crippen molar-refractivity contribution >= 4 is 11.9 Å². The van der Waals surface area contributed by atoms with Crippen molar-refractivity contribution in [2.45, 2.75) is 13.3 Å². The van der Waals surface area contributed by atoms with Crippen molar-refractivity contribution in [2.75, 3.05) is 5.73 Å². The molecule has 0 aliphatic rings. The average Bonchev–Trinajstić information content (AvgIpc) is 2.14. The summed E-state index contributed by atoms with van der Waals surface area (Å²) >= 11 is 0. The molecule has 1 aromatic heterocycles. The van der Waals surface area contributed by atoms with Crippen LogP contribution in [-0.4, -0.2) is 4.98 Å². The SMILES string of the molecule is C=C(/C=C/c1ccnc(N)c1)CC. The summed E-state index contributed by atoms with van der Waals surface area (Å²) in [5.74, 6) is 0.546. The summed E-state index contributed by atoms with van der Waals surface area (Å²) in [6.45, 7) is 5.95. The Labute approximate surface area is 78.8 Å². The lowest BCUT2D eigenvalue weighted by molar-refractivity contribution is 1.16. The number of rotatable bonds is 3. The first kappa shape index (κ1) is 9.52. The molecule has 0 aliphatic heterocycles. The number of nitrogen functional groups attached to an aromatic ring is 1. The van der Waals surface area contributed by atoms with E-state index in [9.17, 15) is 0 Å². The Kier molecular flexibility index (Phi) is 3.26. The zero-order chi connectivity index (χ0) is 9.68. The lowest BCUT2D eigenvalue weighted by Crippen LogP contribution is -1.88. The van der Waals surface area contributed by atoms with Crippen molar-refractivity contribution in [1.82, 2.24) is 4.98 Å². The number of anilines is 1. The van der Waals surface area contributed by atoms with E-state index in [2.05, 4.69) is 18.5 Å². The summed E-state index contributed by atoms with van der Waals surface area (Å²) < 4.78 is 0. The van der Waals surface area contributed by atoms with Crippen molar-refractivity contribution in [1.29, 1.82) is 0 Å². The fraction of sp³-hybridized carbons (Fsp3) is 0.182. The van der Waals surface area contributed by atoms with Gasteiger partial charge in [0.05, 0.1) is 0 Å². The lowest BCUT2D eigenvalue weighted by Gasteiger charge is -1.95. The molecule has 2 N–H and O–H groups in total. The summed E-state index contributed by atoms with van der Waals surface area (Å²) in [5, 5.41) is 0. The van der Waals surface area contributed by atoms with Crippen LogP contribution in [0.5, 0.6) is 0 Å². The van der Waals surface area contributed by atoms with Gasteiger partial charge >= 0.3 is 0 Å². The summed E-state index contributed by atoms with van der Waals surface area (Å²) in [5.41, 5.74) is 7.69. The Bertz CT molecular complexity index is 327. The predicted molar refractivity (Wildman–Crippen MR) is 57.1 cm³/mol. The van der Waals surface area contributed by atoms with Crippen LogP contribution in [0.15, 0.2) is 36.6 Å². The third kappa shape index (κ3) is 3.11. The van der Waals surface area contributed by atoms with Crippen LogP contribution in [0.4, 0.5) is 5.82 Å². The van der Waals surface area contributed by atoms with Crippen LogP contribution in [0.2, 0.25) is 0 Å². The minimum atomic E-state index is 0.546. The molecule has 2 nitrogen and oxygen atoms in total. The van der Waals surface area contributed by atoms with E-state index in [0.29, 0.717) is 5.82 Å². The van der Waals surface area contributed by atoms with Crippen LogP contribution in [0.3, 0.4) is 0 Å². The number of nitrogens with zero attached hydrogens (tertiary/aromatic N) is 1. The van der Waals surface area contributed by atoms with Gasteiger partial charge in [0.1, 0.15) is 5.82 Å². The van der Waals surface area contributed by atoms with Crippen molar-refractivity contribution in [2.24, 2.45) is 0 Å². The molecule has 0 spiro atoms. The van der Waals surface area contributed by atoms with Crippen LogP contribution in [-0.2, 0) is 0 Å². The van der Waals surface area contributed by atoms with Crippen LogP contribution >= 0.6 is 0 Å². The second-order valence-electron chi connectivity index (χ2n) is 2.86. The minimum Gasteiger partial charge on any atom is -0.384 e. The van der Waals surface area contributed by atoms with E-state index in [1.807, 2.05) is 24.3 Å². The first-order valence-electron chi connectivity index (χ1n) is 4.29. The van der Waals surface area contributed by atoms with Crippen LogP contribution in [0.1, 0.15) is 18.9 Å². The summed E-state index contributed by atoms with van der Waals surface area (Å²) in [6.07, 6.45) is 6.65. The maximum atomic E-state index is 5.53. The Balaban J connectivity index is 2.74. The zero-order valence-corrected chi connectivity index (χ0v) is 7.83. The Morgan fingerprint density at radius 1 is 1.69 bits per heavy atom. The van der Waals surface area contributed by atoms with Crippen LogP contribution in [0.25, 0.3) is 6.08 Å². The van der Waals surface area contributed by atoms with Gasteiger partial charge in [0.2, 0.25) is 0 Å². The van der Waals surface area contributed by atoms with Gasteiger partial charge in [0.15, 0.2) is 0 Å². The molecule has 68 valence electrons. The molecule has 0 aromatic carbocycles. The monoisotopic (exact) mass is 174 g/mol. The van der Waals surface area contributed by atoms with Gasteiger partial charge in [0, 0.05) is 6.20 Å². The summed E-state index contributed by atoms with van der Waals surface area (Å²) in [7, 11) is 0. The molecule has 0 saturated carbocycles. The number of aromatic nitrogens is 1. The van der Waals surface area contributed by atoms with Crippen molar-refractivity contribution in [3.8, 4) is 0 Å². The molecule has 1 aromatic rings. The number of hydrogen-bond donors (Lipinski definition) is 1.